The predicted molar refractivity (Wildman–Crippen MR) is 114 cm³/mol. The Bertz CT molecular complexity index is 907. The highest BCUT2D eigenvalue weighted by Gasteiger charge is 2.19. The van der Waals surface area contributed by atoms with Crippen LogP contribution in [0.25, 0.3) is 11.0 Å². The number of likely N-dealkylation sites (tertiary alicyclic amines) is 1. The Labute approximate surface area is 166 Å². The van der Waals surface area contributed by atoms with Crippen molar-refractivity contribution in [3.63, 3.8) is 0 Å². The van der Waals surface area contributed by atoms with Crippen LogP contribution in [-0.4, -0.2) is 65.2 Å². The quantitative estimate of drug-likeness (QED) is 0.685. The highest BCUT2D eigenvalue weighted by molar-refractivity contribution is 5.78. The van der Waals surface area contributed by atoms with Crippen molar-refractivity contribution in [2.24, 2.45) is 0 Å². The van der Waals surface area contributed by atoms with E-state index in [1.807, 2.05) is 12.3 Å². The van der Waals surface area contributed by atoms with Crippen LogP contribution < -0.4 is 9.80 Å². The fourth-order valence-electron chi connectivity index (χ4n) is 4.37. The Balaban J connectivity index is 1.27. The van der Waals surface area contributed by atoms with Gasteiger partial charge in [0.05, 0.1) is 0 Å². The minimum Gasteiger partial charge on any atom is -0.353 e. The molecule has 0 saturated carbocycles. The Hall–Kier alpha value is -2.60. The van der Waals surface area contributed by atoms with E-state index >= 15 is 0 Å². The van der Waals surface area contributed by atoms with Crippen molar-refractivity contribution in [1.82, 2.24) is 19.4 Å². The normalized spacial score (nSPS) is 18.3. The van der Waals surface area contributed by atoms with E-state index in [-0.39, 0.29) is 0 Å². The van der Waals surface area contributed by atoms with Gasteiger partial charge in [0.25, 0.3) is 0 Å². The maximum atomic E-state index is 5.04. The zero-order valence-electron chi connectivity index (χ0n) is 16.4. The van der Waals surface area contributed by atoms with Crippen molar-refractivity contribution in [3.8, 4) is 0 Å². The lowest BCUT2D eigenvalue weighted by Gasteiger charge is -2.36. The smallest absolute Gasteiger partial charge is 0.142 e. The molecule has 3 aromatic heterocycles. The Kier molecular flexibility index (Phi) is 4.87. The number of pyridine rings is 2. The third kappa shape index (κ3) is 3.56. The summed E-state index contributed by atoms with van der Waals surface area (Å²) in [7, 11) is 0. The molecule has 146 valence electrons. The minimum absolute atomic E-state index is 0.976. The van der Waals surface area contributed by atoms with Crippen molar-refractivity contribution in [1.29, 1.82) is 0 Å². The van der Waals surface area contributed by atoms with Crippen LogP contribution in [0.5, 0.6) is 0 Å². The number of rotatable bonds is 5. The maximum Gasteiger partial charge on any atom is 0.142 e. The van der Waals surface area contributed by atoms with Crippen LogP contribution in [0.3, 0.4) is 0 Å². The summed E-state index contributed by atoms with van der Waals surface area (Å²) in [5, 5.41) is 1.23. The van der Waals surface area contributed by atoms with E-state index < -0.39 is 0 Å². The molecule has 3 aromatic rings. The predicted octanol–water partition coefficient (Wildman–Crippen LogP) is 2.85. The van der Waals surface area contributed by atoms with Gasteiger partial charge in [-0.15, -0.1) is 0 Å². The number of fused-ring (bicyclic) bond motifs is 1. The fraction of sp³-hybridized carbons (Fsp3) is 0.455. The summed E-state index contributed by atoms with van der Waals surface area (Å²) in [6.07, 6.45) is 6.75. The van der Waals surface area contributed by atoms with Gasteiger partial charge in [0.2, 0.25) is 0 Å². The van der Waals surface area contributed by atoms with E-state index in [2.05, 4.69) is 60.8 Å². The number of hydrogen-bond acceptors (Lipinski definition) is 5. The molecule has 6 nitrogen and oxygen atoms in total. The molecule has 5 heterocycles. The Morgan fingerprint density at radius 1 is 0.750 bits per heavy atom. The van der Waals surface area contributed by atoms with Crippen LogP contribution in [0.2, 0.25) is 0 Å². The summed E-state index contributed by atoms with van der Waals surface area (Å²) < 4.78 is 2.32. The molecule has 0 aliphatic carbocycles. The monoisotopic (exact) mass is 376 g/mol. The first-order chi connectivity index (χ1) is 13.9. The highest BCUT2D eigenvalue weighted by atomic mass is 15.3. The van der Waals surface area contributed by atoms with Crippen molar-refractivity contribution >= 4 is 22.7 Å². The molecule has 5 rings (SSSR count). The van der Waals surface area contributed by atoms with Gasteiger partial charge in [-0.05, 0) is 56.3 Å². The molecule has 2 fully saturated rings. The number of piperazine rings is 1. The number of aromatic nitrogens is 3. The lowest BCUT2D eigenvalue weighted by atomic mass is 10.2. The molecular weight excluding hydrogens is 348 g/mol. The molecule has 0 atom stereocenters. The molecule has 0 radical (unpaired) electrons. The van der Waals surface area contributed by atoms with Gasteiger partial charge in [-0.25, -0.2) is 9.97 Å². The van der Waals surface area contributed by atoms with E-state index in [1.165, 1.54) is 31.3 Å². The van der Waals surface area contributed by atoms with Gasteiger partial charge < -0.3 is 19.3 Å². The molecule has 2 saturated heterocycles. The van der Waals surface area contributed by atoms with Crippen LogP contribution in [0.1, 0.15) is 12.8 Å². The zero-order chi connectivity index (χ0) is 18.8. The van der Waals surface area contributed by atoms with Crippen molar-refractivity contribution in [3.05, 3.63) is 48.8 Å². The topological polar surface area (TPSA) is 40.4 Å². The largest absolute Gasteiger partial charge is 0.353 e. The third-order valence-electron chi connectivity index (χ3n) is 6.03. The lowest BCUT2D eigenvalue weighted by molar-refractivity contribution is 0.324. The average molecular weight is 377 g/mol. The van der Waals surface area contributed by atoms with Crippen LogP contribution in [0.15, 0.2) is 48.8 Å². The van der Waals surface area contributed by atoms with Crippen LogP contribution >= 0.6 is 0 Å². The van der Waals surface area contributed by atoms with Gasteiger partial charge in [0, 0.05) is 57.0 Å². The van der Waals surface area contributed by atoms with E-state index in [9.17, 15) is 0 Å². The molecular formula is C22H28N6. The summed E-state index contributed by atoms with van der Waals surface area (Å²) in [6.45, 7) is 8.55. The second-order valence-electron chi connectivity index (χ2n) is 7.80. The standard InChI is InChI=1S/C22H28N6/c1-2-9-23-20(5-1)26-15-17-27(18-16-26)21-7-6-19-8-12-28(22(19)24-21)14-13-25-10-3-4-11-25/h1-2,5-9,12H,3-4,10-11,13-18H2. The summed E-state index contributed by atoms with van der Waals surface area (Å²) in [5.41, 5.74) is 1.11. The molecule has 0 aromatic carbocycles. The summed E-state index contributed by atoms with van der Waals surface area (Å²) in [5.74, 6) is 2.16. The van der Waals surface area contributed by atoms with Crippen LogP contribution in [-0.2, 0) is 6.54 Å². The molecule has 0 unspecified atom stereocenters. The van der Waals surface area contributed by atoms with E-state index in [0.29, 0.717) is 0 Å². The summed E-state index contributed by atoms with van der Waals surface area (Å²) >= 11 is 0. The molecule has 0 N–H and O–H groups in total. The molecule has 2 aliphatic rings. The van der Waals surface area contributed by atoms with Crippen molar-refractivity contribution < 1.29 is 0 Å². The maximum absolute atomic E-state index is 5.04. The zero-order valence-corrected chi connectivity index (χ0v) is 16.4. The number of hydrogen-bond donors (Lipinski definition) is 0. The molecule has 28 heavy (non-hydrogen) atoms. The van der Waals surface area contributed by atoms with Gasteiger partial charge in [-0.3, -0.25) is 0 Å². The molecule has 2 aliphatic heterocycles. The average Bonchev–Trinajstić information content (AvgIpc) is 3.42. The molecule has 0 spiro atoms. The first-order valence-corrected chi connectivity index (χ1v) is 10.5. The van der Waals surface area contributed by atoms with Gasteiger partial charge in [-0.2, -0.15) is 0 Å². The second kappa shape index (κ2) is 7.80. The van der Waals surface area contributed by atoms with E-state index in [0.717, 1.165) is 56.6 Å². The minimum atomic E-state index is 0.976. The second-order valence-corrected chi connectivity index (χ2v) is 7.80. The van der Waals surface area contributed by atoms with Crippen molar-refractivity contribution in [2.45, 2.75) is 19.4 Å². The fourth-order valence-corrected chi connectivity index (χ4v) is 4.37. The summed E-state index contributed by atoms with van der Waals surface area (Å²) in [6, 6.07) is 12.7. The molecule has 6 heteroatoms. The van der Waals surface area contributed by atoms with E-state index in [1.54, 1.807) is 0 Å². The number of anilines is 2. The summed E-state index contributed by atoms with van der Waals surface area (Å²) in [4.78, 5) is 16.8. The van der Waals surface area contributed by atoms with Crippen LogP contribution in [0, 0.1) is 0 Å². The van der Waals surface area contributed by atoms with Gasteiger partial charge in [0.15, 0.2) is 0 Å². The van der Waals surface area contributed by atoms with Crippen LogP contribution in [0.4, 0.5) is 11.6 Å². The third-order valence-corrected chi connectivity index (χ3v) is 6.03. The van der Waals surface area contributed by atoms with Gasteiger partial charge in [0.1, 0.15) is 17.3 Å². The number of nitrogens with zero attached hydrogens (tertiary/aromatic N) is 6. The first-order valence-electron chi connectivity index (χ1n) is 10.5. The van der Waals surface area contributed by atoms with Crippen molar-refractivity contribution in [2.75, 3.05) is 55.6 Å². The van der Waals surface area contributed by atoms with Gasteiger partial charge >= 0.3 is 0 Å². The Morgan fingerprint density at radius 3 is 2.29 bits per heavy atom. The molecule has 0 bridgehead atoms. The SMILES string of the molecule is c1ccc(N2CCN(c3ccc4ccn(CCN5CCCC5)c4n3)CC2)nc1. The molecule has 0 amide bonds. The highest BCUT2D eigenvalue weighted by Crippen LogP contribution is 2.22. The lowest BCUT2D eigenvalue weighted by Crippen LogP contribution is -2.47. The first kappa shape index (κ1) is 17.5. The van der Waals surface area contributed by atoms with E-state index in [4.69, 9.17) is 4.98 Å². The van der Waals surface area contributed by atoms with Gasteiger partial charge in [-0.1, -0.05) is 6.07 Å². The Morgan fingerprint density at radius 2 is 1.54 bits per heavy atom.